The minimum absolute atomic E-state index is 0.486. The zero-order chi connectivity index (χ0) is 13.8. The van der Waals surface area contributed by atoms with Crippen LogP contribution in [0.2, 0.25) is 0 Å². The van der Waals surface area contributed by atoms with Gasteiger partial charge in [0, 0.05) is 0 Å². The van der Waals surface area contributed by atoms with E-state index < -0.39 is 11.1 Å². The van der Waals surface area contributed by atoms with Crippen LogP contribution in [-0.2, 0) is 20.7 Å². The first-order valence-corrected chi connectivity index (χ1v) is 5.88. The number of nitrogens with one attached hydrogen (secondary N) is 2. The van der Waals surface area contributed by atoms with Crippen molar-refractivity contribution in [2.75, 3.05) is 0 Å². The third-order valence-corrected chi connectivity index (χ3v) is 3.11. The number of benzene rings is 1. The molecule has 0 aliphatic heterocycles. The average Bonchev–Trinajstić information content (AvgIpc) is 2.29. The highest BCUT2D eigenvalue weighted by Crippen LogP contribution is 2.30. The summed E-state index contributed by atoms with van der Waals surface area (Å²) in [6.07, 6.45) is 1.38. The minimum atomic E-state index is -0.486. The van der Waals surface area contributed by atoms with E-state index in [1.54, 1.807) is 0 Å². The van der Waals surface area contributed by atoms with E-state index in [1.165, 1.54) is 0 Å². The summed E-state index contributed by atoms with van der Waals surface area (Å²) in [5.41, 5.74) is 0.994. The molecule has 0 saturated carbocycles. The van der Waals surface area contributed by atoms with Crippen molar-refractivity contribution < 1.29 is 9.59 Å². The van der Waals surface area contributed by atoms with E-state index in [9.17, 15) is 9.59 Å². The molecule has 4 nitrogen and oxygen atoms in total. The van der Waals surface area contributed by atoms with Crippen LogP contribution >= 0.6 is 0 Å². The van der Waals surface area contributed by atoms with Gasteiger partial charge in [0.25, 0.3) is 0 Å². The first-order chi connectivity index (χ1) is 8.35. The molecule has 0 unspecified atom stereocenters. The maximum absolute atomic E-state index is 10.7. The predicted molar refractivity (Wildman–Crippen MR) is 70.9 cm³/mol. The fourth-order valence-electron chi connectivity index (χ4n) is 2.02. The van der Waals surface area contributed by atoms with Crippen molar-refractivity contribution in [3.8, 4) is 0 Å². The lowest BCUT2D eigenvalue weighted by Crippen LogP contribution is -2.42. The second-order valence-electron chi connectivity index (χ2n) is 5.32. The van der Waals surface area contributed by atoms with E-state index in [0.717, 1.165) is 11.1 Å². The second-order valence-corrected chi connectivity index (χ2v) is 5.32. The molecular weight excluding hydrogens is 228 g/mol. The molecule has 0 atom stereocenters. The molecule has 1 aromatic carbocycles. The van der Waals surface area contributed by atoms with Crippen LogP contribution in [0.3, 0.4) is 0 Å². The molecule has 98 valence electrons. The molecule has 2 N–H and O–H groups in total. The maximum Gasteiger partial charge on any atom is 0.207 e. The molecule has 1 rings (SSSR count). The van der Waals surface area contributed by atoms with Gasteiger partial charge in [-0.1, -0.05) is 24.3 Å². The average molecular weight is 248 g/mol. The Kier molecular flexibility index (Phi) is 4.11. The van der Waals surface area contributed by atoms with E-state index in [4.69, 9.17) is 0 Å². The van der Waals surface area contributed by atoms with Gasteiger partial charge in [0.1, 0.15) is 0 Å². The summed E-state index contributed by atoms with van der Waals surface area (Å²) in [7, 11) is 0. The van der Waals surface area contributed by atoms with Gasteiger partial charge in [-0.25, -0.2) is 0 Å². The van der Waals surface area contributed by atoms with E-state index in [0.29, 0.717) is 12.8 Å². The summed E-state index contributed by atoms with van der Waals surface area (Å²) in [6.45, 7) is 7.71. The lowest BCUT2D eigenvalue weighted by atomic mass is 9.82. The summed E-state index contributed by atoms with van der Waals surface area (Å²) >= 11 is 0. The number of rotatable bonds is 6. The summed E-state index contributed by atoms with van der Waals surface area (Å²) in [5, 5.41) is 5.59. The van der Waals surface area contributed by atoms with Crippen LogP contribution in [0.4, 0.5) is 0 Å². The van der Waals surface area contributed by atoms with E-state index in [1.807, 2.05) is 52.0 Å². The normalized spacial score (nSPS) is 11.8. The lowest BCUT2D eigenvalue weighted by molar-refractivity contribution is -0.112. The fourth-order valence-corrected chi connectivity index (χ4v) is 2.02. The van der Waals surface area contributed by atoms with Gasteiger partial charge in [0.05, 0.1) is 11.1 Å². The quantitative estimate of drug-likeness (QED) is 0.752. The van der Waals surface area contributed by atoms with Gasteiger partial charge in [0.2, 0.25) is 12.8 Å². The van der Waals surface area contributed by atoms with Crippen LogP contribution in [0.5, 0.6) is 0 Å². The molecular formula is C14H20N2O2. The second kappa shape index (κ2) is 5.21. The number of hydrogen-bond donors (Lipinski definition) is 2. The highest BCUT2D eigenvalue weighted by Gasteiger charge is 2.29. The molecule has 0 aliphatic carbocycles. The number of carbonyl (C=O) groups excluding carboxylic acids is 2. The standard InChI is InChI=1S/C14H20N2O2/c1-13(2,15-9-17)11-7-5-6-8-12(11)14(3,4)16-10-18/h5-10H,1-4H3,(H,15,17)(H,16,18). The first kappa shape index (κ1) is 14.2. The van der Waals surface area contributed by atoms with Crippen LogP contribution in [-0.4, -0.2) is 12.8 Å². The van der Waals surface area contributed by atoms with Gasteiger partial charge in [0.15, 0.2) is 0 Å². The lowest BCUT2D eigenvalue weighted by Gasteiger charge is -2.33. The Morgan fingerprint density at radius 1 is 0.833 bits per heavy atom. The van der Waals surface area contributed by atoms with Crippen molar-refractivity contribution in [1.29, 1.82) is 0 Å². The Labute approximate surface area is 108 Å². The van der Waals surface area contributed by atoms with Gasteiger partial charge in [-0.2, -0.15) is 0 Å². The van der Waals surface area contributed by atoms with Gasteiger partial charge in [-0.3, -0.25) is 9.59 Å². The molecule has 0 saturated heterocycles. The Balaban J connectivity index is 3.30. The smallest absolute Gasteiger partial charge is 0.207 e. The Hall–Kier alpha value is -1.84. The molecule has 0 spiro atoms. The molecule has 0 aromatic heterocycles. The van der Waals surface area contributed by atoms with Crippen LogP contribution in [0.1, 0.15) is 38.8 Å². The van der Waals surface area contributed by atoms with E-state index in [2.05, 4.69) is 10.6 Å². The molecule has 0 fully saturated rings. The van der Waals surface area contributed by atoms with Gasteiger partial charge in [-0.15, -0.1) is 0 Å². The highest BCUT2D eigenvalue weighted by molar-refractivity contribution is 5.53. The Morgan fingerprint density at radius 3 is 1.44 bits per heavy atom. The third kappa shape index (κ3) is 2.88. The van der Waals surface area contributed by atoms with Crippen molar-refractivity contribution >= 4 is 12.8 Å². The van der Waals surface area contributed by atoms with Crippen LogP contribution in [0.25, 0.3) is 0 Å². The van der Waals surface area contributed by atoms with Crippen molar-refractivity contribution in [2.24, 2.45) is 0 Å². The molecule has 0 bridgehead atoms. The van der Waals surface area contributed by atoms with Crippen LogP contribution in [0.15, 0.2) is 24.3 Å². The van der Waals surface area contributed by atoms with Gasteiger partial charge < -0.3 is 10.6 Å². The first-order valence-electron chi connectivity index (χ1n) is 5.88. The van der Waals surface area contributed by atoms with Crippen LogP contribution < -0.4 is 10.6 Å². The topological polar surface area (TPSA) is 58.2 Å². The summed E-state index contributed by atoms with van der Waals surface area (Å²) in [6, 6.07) is 7.76. The van der Waals surface area contributed by atoms with Crippen LogP contribution in [0, 0.1) is 0 Å². The third-order valence-electron chi connectivity index (χ3n) is 3.11. The molecule has 2 amide bonds. The summed E-state index contributed by atoms with van der Waals surface area (Å²) in [4.78, 5) is 21.4. The SMILES string of the molecule is CC(C)(NC=O)c1ccccc1C(C)(C)NC=O. The summed E-state index contributed by atoms with van der Waals surface area (Å²) in [5.74, 6) is 0. The molecule has 0 radical (unpaired) electrons. The summed E-state index contributed by atoms with van der Waals surface area (Å²) < 4.78 is 0. The Bertz CT molecular complexity index is 398. The van der Waals surface area contributed by atoms with Crippen molar-refractivity contribution in [3.05, 3.63) is 35.4 Å². The Morgan fingerprint density at radius 2 is 1.17 bits per heavy atom. The van der Waals surface area contributed by atoms with E-state index in [-0.39, 0.29) is 0 Å². The molecule has 4 heteroatoms. The van der Waals surface area contributed by atoms with E-state index >= 15 is 0 Å². The largest absolute Gasteiger partial charge is 0.350 e. The molecule has 0 aliphatic rings. The zero-order valence-electron chi connectivity index (χ0n) is 11.3. The van der Waals surface area contributed by atoms with Gasteiger partial charge in [-0.05, 0) is 38.8 Å². The fraction of sp³-hybridized carbons (Fsp3) is 0.429. The number of hydrogen-bond acceptors (Lipinski definition) is 2. The molecule has 18 heavy (non-hydrogen) atoms. The van der Waals surface area contributed by atoms with Crippen molar-refractivity contribution in [3.63, 3.8) is 0 Å². The molecule has 0 heterocycles. The maximum atomic E-state index is 10.7. The minimum Gasteiger partial charge on any atom is -0.350 e. The highest BCUT2D eigenvalue weighted by atomic mass is 16.1. The number of carbonyl (C=O) groups is 2. The van der Waals surface area contributed by atoms with Crippen molar-refractivity contribution in [2.45, 2.75) is 38.8 Å². The monoisotopic (exact) mass is 248 g/mol. The number of amides is 2. The predicted octanol–water partition coefficient (Wildman–Crippen LogP) is 1.65. The zero-order valence-corrected chi connectivity index (χ0v) is 11.3. The van der Waals surface area contributed by atoms with Gasteiger partial charge >= 0.3 is 0 Å². The molecule has 1 aromatic rings. The van der Waals surface area contributed by atoms with Crippen molar-refractivity contribution in [1.82, 2.24) is 10.6 Å².